The van der Waals surface area contributed by atoms with Gasteiger partial charge in [0.2, 0.25) is 0 Å². The van der Waals surface area contributed by atoms with Crippen LogP contribution in [0.4, 0.5) is 8.78 Å². The first-order valence-electron chi connectivity index (χ1n) is 4.85. The molecule has 2 rings (SSSR count). The van der Waals surface area contributed by atoms with Crippen LogP contribution >= 0.6 is 0 Å². The second-order valence-corrected chi connectivity index (χ2v) is 4.14. The second kappa shape index (κ2) is 3.43. The van der Waals surface area contributed by atoms with E-state index in [4.69, 9.17) is 10.2 Å². The maximum Gasteiger partial charge on any atom is 0.304 e. The van der Waals surface area contributed by atoms with Crippen molar-refractivity contribution in [3.63, 3.8) is 0 Å². The molecule has 0 aromatic heterocycles. The fourth-order valence-electron chi connectivity index (χ4n) is 1.88. The largest absolute Gasteiger partial charge is 0.503 e. The van der Waals surface area contributed by atoms with E-state index in [-0.39, 0.29) is 6.42 Å². The summed E-state index contributed by atoms with van der Waals surface area (Å²) in [6, 6.07) is 2.02. The molecule has 1 fully saturated rings. The van der Waals surface area contributed by atoms with Gasteiger partial charge in [0.1, 0.15) is 0 Å². The third-order valence-corrected chi connectivity index (χ3v) is 2.97. The van der Waals surface area contributed by atoms with Gasteiger partial charge in [0.05, 0.1) is 6.42 Å². The van der Waals surface area contributed by atoms with E-state index in [0.29, 0.717) is 18.4 Å². The summed E-state index contributed by atoms with van der Waals surface area (Å²) in [6.07, 6.45) is 1.06. The number of rotatable bonds is 3. The van der Waals surface area contributed by atoms with Crippen LogP contribution in [0.1, 0.15) is 24.8 Å². The van der Waals surface area contributed by atoms with Gasteiger partial charge < -0.3 is 10.2 Å². The van der Waals surface area contributed by atoms with Crippen LogP contribution in [0.25, 0.3) is 0 Å². The molecule has 1 aromatic carbocycles. The molecule has 0 amide bonds. The second-order valence-electron chi connectivity index (χ2n) is 4.14. The van der Waals surface area contributed by atoms with Crippen LogP contribution in [0.3, 0.4) is 0 Å². The quantitative estimate of drug-likeness (QED) is 0.833. The number of hydrogen-bond acceptors (Lipinski definition) is 2. The van der Waals surface area contributed by atoms with Crippen molar-refractivity contribution in [3.05, 3.63) is 29.3 Å². The lowest BCUT2D eigenvalue weighted by atomic mass is 9.92. The van der Waals surface area contributed by atoms with E-state index in [1.54, 1.807) is 0 Å². The van der Waals surface area contributed by atoms with Crippen LogP contribution in [0, 0.1) is 11.6 Å². The molecule has 0 aliphatic heterocycles. The number of phenols is 1. The smallest absolute Gasteiger partial charge is 0.304 e. The van der Waals surface area contributed by atoms with Crippen molar-refractivity contribution in [2.75, 3.05) is 0 Å². The summed E-state index contributed by atoms with van der Waals surface area (Å²) >= 11 is 0. The Kier molecular flexibility index (Phi) is 2.33. The maximum atomic E-state index is 13.1. The summed E-state index contributed by atoms with van der Waals surface area (Å²) in [4.78, 5) is 10.6. The number of phenolic OH excluding ortho intramolecular Hbond substituents is 1. The standard InChI is InChI=1S/C11H10F2O3/c12-7-3-6(4-8(13)10(7)16)11(1-2-11)5-9(14)15/h3-4,16H,1-2,5H2,(H,14,15). The fraction of sp³-hybridized carbons (Fsp3) is 0.364. The number of aromatic hydroxyl groups is 1. The molecule has 0 saturated heterocycles. The molecule has 0 unspecified atom stereocenters. The highest BCUT2D eigenvalue weighted by Crippen LogP contribution is 2.51. The number of benzene rings is 1. The summed E-state index contributed by atoms with van der Waals surface area (Å²) in [5.41, 5.74) is -0.344. The Hall–Kier alpha value is -1.65. The van der Waals surface area contributed by atoms with Crippen LogP contribution < -0.4 is 0 Å². The highest BCUT2D eigenvalue weighted by molar-refractivity contribution is 5.70. The van der Waals surface area contributed by atoms with Gasteiger partial charge in [0, 0.05) is 5.41 Å². The molecular formula is C11H10F2O3. The molecule has 0 atom stereocenters. The zero-order chi connectivity index (χ0) is 11.9. The zero-order valence-corrected chi connectivity index (χ0v) is 8.33. The third-order valence-electron chi connectivity index (χ3n) is 2.97. The molecule has 0 radical (unpaired) electrons. The predicted molar refractivity (Wildman–Crippen MR) is 51.2 cm³/mol. The van der Waals surface area contributed by atoms with Crippen LogP contribution in [0.15, 0.2) is 12.1 Å². The van der Waals surface area contributed by atoms with Crippen molar-refractivity contribution in [2.24, 2.45) is 0 Å². The Bertz CT molecular complexity index is 430. The number of carbonyl (C=O) groups is 1. The van der Waals surface area contributed by atoms with Gasteiger partial charge in [0.25, 0.3) is 0 Å². The summed E-state index contributed by atoms with van der Waals surface area (Å²) in [7, 11) is 0. The molecule has 0 heterocycles. The topological polar surface area (TPSA) is 57.5 Å². The molecule has 5 heteroatoms. The normalized spacial score (nSPS) is 17.1. The van der Waals surface area contributed by atoms with E-state index in [2.05, 4.69) is 0 Å². The Morgan fingerprint density at radius 3 is 2.19 bits per heavy atom. The highest BCUT2D eigenvalue weighted by atomic mass is 19.1. The van der Waals surface area contributed by atoms with Gasteiger partial charge in [-0.05, 0) is 30.5 Å². The first kappa shape index (κ1) is 10.9. The number of carboxylic acids is 1. The zero-order valence-electron chi connectivity index (χ0n) is 8.33. The van der Waals surface area contributed by atoms with Crippen LogP contribution in [0.2, 0.25) is 0 Å². The summed E-state index contributed by atoms with van der Waals surface area (Å²) < 4.78 is 26.2. The number of halogens is 2. The highest BCUT2D eigenvalue weighted by Gasteiger charge is 2.46. The average Bonchev–Trinajstić information content (AvgIpc) is 2.93. The van der Waals surface area contributed by atoms with Crippen molar-refractivity contribution in [3.8, 4) is 5.75 Å². The van der Waals surface area contributed by atoms with E-state index in [1.165, 1.54) is 0 Å². The lowest BCUT2D eigenvalue weighted by molar-refractivity contribution is -0.137. The van der Waals surface area contributed by atoms with E-state index >= 15 is 0 Å². The minimum atomic E-state index is -1.05. The van der Waals surface area contributed by atoms with Gasteiger partial charge in [0.15, 0.2) is 17.4 Å². The molecule has 0 bridgehead atoms. The van der Waals surface area contributed by atoms with Crippen molar-refractivity contribution in [1.82, 2.24) is 0 Å². The molecule has 2 N–H and O–H groups in total. The van der Waals surface area contributed by atoms with E-state index in [0.717, 1.165) is 12.1 Å². The van der Waals surface area contributed by atoms with Crippen molar-refractivity contribution < 1.29 is 23.8 Å². The molecule has 1 aromatic rings. The lowest BCUT2D eigenvalue weighted by Gasteiger charge is -2.13. The molecule has 16 heavy (non-hydrogen) atoms. The lowest BCUT2D eigenvalue weighted by Crippen LogP contribution is -2.13. The minimum Gasteiger partial charge on any atom is -0.503 e. The number of aliphatic carboxylic acids is 1. The Morgan fingerprint density at radius 2 is 1.81 bits per heavy atom. The SMILES string of the molecule is O=C(O)CC1(c2cc(F)c(O)c(F)c2)CC1. The first-order chi connectivity index (χ1) is 7.44. The monoisotopic (exact) mass is 228 g/mol. The third kappa shape index (κ3) is 1.73. The van der Waals surface area contributed by atoms with E-state index in [9.17, 15) is 13.6 Å². The molecular weight excluding hydrogens is 218 g/mol. The Labute approximate surface area is 90.3 Å². The van der Waals surface area contributed by atoms with Gasteiger partial charge in [-0.3, -0.25) is 4.79 Å². The Morgan fingerprint density at radius 1 is 1.31 bits per heavy atom. The average molecular weight is 228 g/mol. The minimum absolute atomic E-state index is 0.142. The van der Waals surface area contributed by atoms with Crippen molar-refractivity contribution in [2.45, 2.75) is 24.7 Å². The molecule has 1 aliphatic rings. The Balaban J connectivity index is 2.38. The predicted octanol–water partition coefficient (Wildman–Crippen LogP) is 2.18. The van der Waals surface area contributed by atoms with E-state index < -0.39 is 28.8 Å². The van der Waals surface area contributed by atoms with Gasteiger partial charge >= 0.3 is 5.97 Å². The molecule has 1 aliphatic carbocycles. The van der Waals surface area contributed by atoms with Gasteiger partial charge in [-0.2, -0.15) is 0 Å². The van der Waals surface area contributed by atoms with Gasteiger partial charge in [-0.15, -0.1) is 0 Å². The molecule has 0 spiro atoms. The van der Waals surface area contributed by atoms with Crippen LogP contribution in [-0.4, -0.2) is 16.2 Å². The molecule has 1 saturated carbocycles. The summed E-state index contributed by atoms with van der Waals surface area (Å²) in [6.45, 7) is 0. The van der Waals surface area contributed by atoms with Crippen molar-refractivity contribution >= 4 is 5.97 Å². The number of hydrogen-bond donors (Lipinski definition) is 2. The van der Waals surface area contributed by atoms with E-state index in [1.807, 2.05) is 0 Å². The summed E-state index contributed by atoms with van der Waals surface area (Å²) in [5.74, 6) is -4.11. The maximum absolute atomic E-state index is 13.1. The summed E-state index contributed by atoms with van der Waals surface area (Å²) in [5, 5.41) is 17.6. The van der Waals surface area contributed by atoms with Gasteiger partial charge in [-0.1, -0.05) is 0 Å². The first-order valence-corrected chi connectivity index (χ1v) is 4.85. The fourth-order valence-corrected chi connectivity index (χ4v) is 1.88. The van der Waals surface area contributed by atoms with Crippen LogP contribution in [0.5, 0.6) is 5.75 Å². The van der Waals surface area contributed by atoms with Crippen molar-refractivity contribution in [1.29, 1.82) is 0 Å². The number of carboxylic acid groups (broad SMARTS) is 1. The van der Waals surface area contributed by atoms with Crippen LogP contribution in [-0.2, 0) is 10.2 Å². The molecule has 86 valence electrons. The molecule has 3 nitrogen and oxygen atoms in total. The van der Waals surface area contributed by atoms with Gasteiger partial charge in [-0.25, -0.2) is 8.78 Å².